The van der Waals surface area contributed by atoms with Gasteiger partial charge in [0.2, 0.25) is 0 Å². The van der Waals surface area contributed by atoms with Gasteiger partial charge in [0.1, 0.15) is 18.2 Å². The van der Waals surface area contributed by atoms with Crippen LogP contribution in [0.25, 0.3) is 0 Å². The van der Waals surface area contributed by atoms with E-state index in [9.17, 15) is 4.39 Å². The number of nitrogens with one attached hydrogen (secondary N) is 1. The van der Waals surface area contributed by atoms with Crippen molar-refractivity contribution in [2.75, 3.05) is 6.61 Å². The standard InChI is InChI=1S/C17H16FNO/c1-2-11-20-17-9-5-15(6-10-17)13-19-12-14-3-7-16(18)8-4-14/h1,3-10,19H,11-13H2. The van der Waals surface area contributed by atoms with Crippen LogP contribution < -0.4 is 10.1 Å². The minimum atomic E-state index is -0.212. The van der Waals surface area contributed by atoms with E-state index in [-0.39, 0.29) is 12.4 Å². The number of hydrogen-bond donors (Lipinski definition) is 1. The van der Waals surface area contributed by atoms with E-state index in [2.05, 4.69) is 11.2 Å². The maximum Gasteiger partial charge on any atom is 0.148 e. The quantitative estimate of drug-likeness (QED) is 0.813. The summed E-state index contributed by atoms with van der Waals surface area (Å²) in [6.07, 6.45) is 5.13. The Bertz CT molecular complexity index is 569. The van der Waals surface area contributed by atoms with Gasteiger partial charge >= 0.3 is 0 Å². The molecule has 0 saturated carbocycles. The Kier molecular flexibility index (Phi) is 5.16. The first-order valence-electron chi connectivity index (χ1n) is 6.38. The van der Waals surface area contributed by atoms with E-state index in [1.165, 1.54) is 12.1 Å². The summed E-state index contributed by atoms with van der Waals surface area (Å²) in [6.45, 7) is 1.73. The first-order valence-corrected chi connectivity index (χ1v) is 6.38. The molecule has 0 amide bonds. The van der Waals surface area contributed by atoms with Crippen LogP contribution in [-0.2, 0) is 13.1 Å². The second-order valence-corrected chi connectivity index (χ2v) is 4.37. The third kappa shape index (κ3) is 4.42. The lowest BCUT2D eigenvalue weighted by Crippen LogP contribution is -2.12. The van der Waals surface area contributed by atoms with Crippen molar-refractivity contribution in [2.45, 2.75) is 13.1 Å². The molecule has 0 unspecified atom stereocenters. The van der Waals surface area contributed by atoms with Gasteiger partial charge in [0.05, 0.1) is 0 Å². The second kappa shape index (κ2) is 7.32. The fourth-order valence-electron chi connectivity index (χ4n) is 1.78. The second-order valence-electron chi connectivity index (χ2n) is 4.37. The van der Waals surface area contributed by atoms with E-state index >= 15 is 0 Å². The van der Waals surface area contributed by atoms with Crippen molar-refractivity contribution in [2.24, 2.45) is 0 Å². The Balaban J connectivity index is 1.79. The molecule has 0 aliphatic carbocycles. The van der Waals surface area contributed by atoms with Crippen LogP contribution in [0.1, 0.15) is 11.1 Å². The molecule has 2 aromatic rings. The molecule has 0 aromatic heterocycles. The fourth-order valence-corrected chi connectivity index (χ4v) is 1.78. The number of hydrogen-bond acceptors (Lipinski definition) is 2. The van der Waals surface area contributed by atoms with E-state index in [0.29, 0.717) is 6.54 Å². The van der Waals surface area contributed by atoms with Gasteiger partial charge in [-0.15, -0.1) is 6.42 Å². The molecule has 0 fully saturated rings. The average Bonchev–Trinajstić information content (AvgIpc) is 2.48. The minimum absolute atomic E-state index is 0.212. The zero-order valence-electron chi connectivity index (χ0n) is 11.1. The van der Waals surface area contributed by atoms with Gasteiger partial charge in [0.15, 0.2) is 0 Å². The molecule has 20 heavy (non-hydrogen) atoms. The summed E-state index contributed by atoms with van der Waals surface area (Å²) in [6, 6.07) is 14.3. The predicted octanol–water partition coefficient (Wildman–Crippen LogP) is 3.13. The van der Waals surface area contributed by atoms with Crippen LogP contribution in [0.15, 0.2) is 48.5 Å². The van der Waals surface area contributed by atoms with E-state index in [1.807, 2.05) is 24.3 Å². The Labute approximate surface area is 118 Å². The Morgan fingerprint density at radius 2 is 1.50 bits per heavy atom. The molecule has 0 aliphatic heterocycles. The lowest BCUT2D eigenvalue weighted by atomic mass is 10.2. The maximum atomic E-state index is 12.8. The molecule has 2 aromatic carbocycles. The van der Waals surface area contributed by atoms with Crippen molar-refractivity contribution in [3.63, 3.8) is 0 Å². The topological polar surface area (TPSA) is 21.3 Å². The smallest absolute Gasteiger partial charge is 0.148 e. The molecular formula is C17H16FNO. The molecule has 2 rings (SSSR count). The molecule has 0 heterocycles. The highest BCUT2D eigenvalue weighted by atomic mass is 19.1. The van der Waals surface area contributed by atoms with Crippen LogP contribution in [-0.4, -0.2) is 6.61 Å². The minimum Gasteiger partial charge on any atom is -0.481 e. The lowest BCUT2D eigenvalue weighted by Gasteiger charge is -2.07. The van der Waals surface area contributed by atoms with Crippen molar-refractivity contribution < 1.29 is 9.13 Å². The number of halogens is 1. The van der Waals surface area contributed by atoms with Crippen LogP contribution in [0, 0.1) is 18.2 Å². The van der Waals surface area contributed by atoms with Crippen molar-refractivity contribution >= 4 is 0 Å². The number of ether oxygens (including phenoxy) is 1. The Morgan fingerprint density at radius 1 is 0.950 bits per heavy atom. The highest BCUT2D eigenvalue weighted by molar-refractivity contribution is 5.27. The third-order valence-electron chi connectivity index (χ3n) is 2.82. The highest BCUT2D eigenvalue weighted by Gasteiger charge is 1.97. The Hall–Kier alpha value is -2.31. The highest BCUT2D eigenvalue weighted by Crippen LogP contribution is 2.12. The molecule has 0 atom stereocenters. The largest absolute Gasteiger partial charge is 0.481 e. The third-order valence-corrected chi connectivity index (χ3v) is 2.82. The molecule has 0 bridgehead atoms. The zero-order chi connectivity index (χ0) is 14.2. The monoisotopic (exact) mass is 269 g/mol. The Morgan fingerprint density at radius 3 is 2.05 bits per heavy atom. The van der Waals surface area contributed by atoms with E-state index < -0.39 is 0 Å². The first kappa shape index (κ1) is 14.1. The fraction of sp³-hybridized carbons (Fsp3) is 0.176. The van der Waals surface area contributed by atoms with Gasteiger partial charge in [-0.25, -0.2) is 4.39 Å². The van der Waals surface area contributed by atoms with Crippen molar-refractivity contribution in [3.8, 4) is 18.1 Å². The van der Waals surface area contributed by atoms with Crippen LogP contribution in [0.3, 0.4) is 0 Å². The number of rotatable bonds is 6. The van der Waals surface area contributed by atoms with Crippen LogP contribution in [0.4, 0.5) is 4.39 Å². The summed E-state index contributed by atoms with van der Waals surface area (Å²) in [4.78, 5) is 0. The van der Waals surface area contributed by atoms with Gasteiger partial charge < -0.3 is 10.1 Å². The summed E-state index contributed by atoms with van der Waals surface area (Å²) in [5.74, 6) is 2.98. The molecule has 0 spiro atoms. The molecular weight excluding hydrogens is 253 g/mol. The van der Waals surface area contributed by atoms with Gasteiger partial charge in [0, 0.05) is 13.1 Å². The van der Waals surface area contributed by atoms with E-state index in [0.717, 1.165) is 23.4 Å². The summed E-state index contributed by atoms with van der Waals surface area (Å²) in [7, 11) is 0. The molecule has 0 radical (unpaired) electrons. The molecule has 102 valence electrons. The molecule has 1 N–H and O–H groups in total. The maximum absolute atomic E-state index is 12.8. The summed E-state index contributed by atoms with van der Waals surface area (Å²) >= 11 is 0. The van der Waals surface area contributed by atoms with Gasteiger partial charge in [-0.1, -0.05) is 30.2 Å². The van der Waals surface area contributed by atoms with Crippen molar-refractivity contribution in [1.29, 1.82) is 0 Å². The van der Waals surface area contributed by atoms with Gasteiger partial charge in [0.25, 0.3) is 0 Å². The molecule has 0 aliphatic rings. The zero-order valence-corrected chi connectivity index (χ0v) is 11.1. The van der Waals surface area contributed by atoms with Gasteiger partial charge in [-0.3, -0.25) is 0 Å². The lowest BCUT2D eigenvalue weighted by molar-refractivity contribution is 0.370. The SMILES string of the molecule is C#CCOc1ccc(CNCc2ccc(F)cc2)cc1. The van der Waals surface area contributed by atoms with E-state index in [4.69, 9.17) is 11.2 Å². The molecule has 0 saturated heterocycles. The average molecular weight is 269 g/mol. The summed E-state index contributed by atoms with van der Waals surface area (Å²) in [5.41, 5.74) is 2.21. The van der Waals surface area contributed by atoms with Gasteiger partial charge in [-0.05, 0) is 35.4 Å². The van der Waals surface area contributed by atoms with Crippen LogP contribution >= 0.6 is 0 Å². The number of terminal acetylenes is 1. The van der Waals surface area contributed by atoms with Crippen molar-refractivity contribution in [1.82, 2.24) is 5.32 Å². The number of benzene rings is 2. The predicted molar refractivity (Wildman–Crippen MR) is 77.7 cm³/mol. The normalized spacial score (nSPS) is 10.0. The molecule has 2 nitrogen and oxygen atoms in total. The summed E-state index contributed by atoms with van der Waals surface area (Å²) < 4.78 is 18.1. The first-order chi connectivity index (χ1) is 9.78. The molecule has 3 heteroatoms. The van der Waals surface area contributed by atoms with Crippen LogP contribution in [0.5, 0.6) is 5.75 Å². The van der Waals surface area contributed by atoms with Gasteiger partial charge in [-0.2, -0.15) is 0 Å². The van der Waals surface area contributed by atoms with E-state index in [1.54, 1.807) is 12.1 Å². The van der Waals surface area contributed by atoms with Crippen molar-refractivity contribution in [3.05, 3.63) is 65.5 Å². The van der Waals surface area contributed by atoms with Crippen LogP contribution in [0.2, 0.25) is 0 Å². The summed E-state index contributed by atoms with van der Waals surface area (Å²) in [5, 5.41) is 3.30.